The maximum atomic E-state index is 14.5. The number of phenolic OH excluding ortho intramolecular Hbond substituents is 1. The standard InChI is InChI=1S/C26H24FN5O/c27-22-21(6-2-13-29-22)17-4-1-5-19(14-17)26(18-7-9-20(33)10-8-18)23-30-15-25(11-3-12-25)16-32(23)24(28)31-26/h1-2,4-10,13-14,33H,3,11-12,15-16H2,(H2,28,31). The van der Waals surface area contributed by atoms with Crippen LogP contribution in [0.4, 0.5) is 4.39 Å². The van der Waals surface area contributed by atoms with Gasteiger partial charge in [0.25, 0.3) is 0 Å². The van der Waals surface area contributed by atoms with E-state index in [2.05, 4.69) is 4.98 Å². The molecule has 3 aromatic rings. The SMILES string of the molecule is NC1=NC(c2ccc(O)cc2)(c2cccc(-c3cccnc3F)c2)C2=NCC3(CCC3)CN12. The second-order valence-corrected chi connectivity index (χ2v) is 9.23. The zero-order valence-electron chi connectivity index (χ0n) is 18.1. The van der Waals surface area contributed by atoms with Crippen LogP contribution in [0.25, 0.3) is 11.1 Å². The molecule has 2 aliphatic heterocycles. The van der Waals surface area contributed by atoms with Crippen molar-refractivity contribution in [3.63, 3.8) is 0 Å². The smallest absolute Gasteiger partial charge is 0.220 e. The molecule has 0 amide bonds. The van der Waals surface area contributed by atoms with Gasteiger partial charge in [0.1, 0.15) is 11.6 Å². The van der Waals surface area contributed by atoms with Crippen LogP contribution in [-0.2, 0) is 5.54 Å². The number of nitrogens with zero attached hydrogens (tertiary/aromatic N) is 4. The van der Waals surface area contributed by atoms with Crippen LogP contribution in [0, 0.1) is 11.4 Å². The molecule has 1 fully saturated rings. The Hall–Kier alpha value is -3.74. The maximum Gasteiger partial charge on any atom is 0.220 e. The summed E-state index contributed by atoms with van der Waals surface area (Å²) in [6, 6.07) is 18.1. The fourth-order valence-corrected chi connectivity index (χ4v) is 5.33. The molecule has 0 bridgehead atoms. The Balaban J connectivity index is 1.56. The van der Waals surface area contributed by atoms with Gasteiger partial charge in [-0.25, -0.2) is 9.98 Å². The molecule has 0 saturated heterocycles. The van der Waals surface area contributed by atoms with Gasteiger partial charge in [-0.1, -0.05) is 36.8 Å². The monoisotopic (exact) mass is 441 g/mol. The van der Waals surface area contributed by atoms with E-state index in [0.717, 1.165) is 42.9 Å². The van der Waals surface area contributed by atoms with E-state index in [1.165, 1.54) is 12.6 Å². The second-order valence-electron chi connectivity index (χ2n) is 9.23. The number of fused-ring (bicyclic) bond motifs is 1. The summed E-state index contributed by atoms with van der Waals surface area (Å²) in [6.45, 7) is 1.55. The molecule has 3 N–H and O–H groups in total. The molecule has 7 heteroatoms. The van der Waals surface area contributed by atoms with E-state index in [1.807, 2.05) is 41.3 Å². The van der Waals surface area contributed by atoms with Crippen molar-refractivity contribution in [1.29, 1.82) is 0 Å². The number of hydrogen-bond acceptors (Lipinski definition) is 6. The number of pyridine rings is 1. The minimum atomic E-state index is -0.974. The molecule has 6 nitrogen and oxygen atoms in total. The van der Waals surface area contributed by atoms with Gasteiger partial charge in [0.2, 0.25) is 5.95 Å². The molecule has 3 heterocycles. The lowest BCUT2D eigenvalue weighted by Crippen LogP contribution is -2.55. The second kappa shape index (κ2) is 7.13. The Kier molecular flexibility index (Phi) is 4.30. The highest BCUT2D eigenvalue weighted by Crippen LogP contribution is 2.49. The summed E-state index contributed by atoms with van der Waals surface area (Å²) in [7, 11) is 0. The van der Waals surface area contributed by atoms with Crippen molar-refractivity contribution in [1.82, 2.24) is 9.88 Å². The van der Waals surface area contributed by atoms with Gasteiger partial charge < -0.3 is 10.8 Å². The van der Waals surface area contributed by atoms with E-state index in [1.54, 1.807) is 24.3 Å². The molecule has 1 aliphatic carbocycles. The van der Waals surface area contributed by atoms with Gasteiger partial charge >= 0.3 is 0 Å². The predicted octanol–water partition coefficient (Wildman–Crippen LogP) is 4.05. The zero-order valence-corrected chi connectivity index (χ0v) is 18.1. The van der Waals surface area contributed by atoms with Crippen LogP contribution in [0.5, 0.6) is 5.75 Å². The van der Waals surface area contributed by atoms with Crippen molar-refractivity contribution in [2.45, 2.75) is 24.8 Å². The Morgan fingerprint density at radius 2 is 1.82 bits per heavy atom. The van der Waals surface area contributed by atoms with E-state index < -0.39 is 11.5 Å². The number of halogens is 1. The van der Waals surface area contributed by atoms with Gasteiger partial charge in [0.15, 0.2) is 11.5 Å². The molecular formula is C26H24FN5O. The largest absolute Gasteiger partial charge is 0.508 e. The number of aromatic hydroxyl groups is 1. The number of phenols is 1. The number of rotatable bonds is 3. The quantitative estimate of drug-likeness (QED) is 0.601. The molecule has 1 unspecified atom stereocenters. The average molecular weight is 442 g/mol. The van der Waals surface area contributed by atoms with Gasteiger partial charge in [-0.2, -0.15) is 4.39 Å². The molecule has 1 saturated carbocycles. The van der Waals surface area contributed by atoms with Crippen LogP contribution in [0.3, 0.4) is 0 Å². The lowest BCUT2D eigenvalue weighted by molar-refractivity contribution is 0.115. The van der Waals surface area contributed by atoms with E-state index in [0.29, 0.717) is 17.1 Å². The average Bonchev–Trinajstić information content (AvgIpc) is 3.11. The first-order valence-corrected chi connectivity index (χ1v) is 11.2. The van der Waals surface area contributed by atoms with Crippen molar-refractivity contribution >= 4 is 11.8 Å². The zero-order chi connectivity index (χ0) is 22.6. The predicted molar refractivity (Wildman–Crippen MR) is 125 cm³/mol. The summed E-state index contributed by atoms with van der Waals surface area (Å²) < 4.78 is 14.5. The number of nitrogens with two attached hydrogens (primary N) is 1. The summed E-state index contributed by atoms with van der Waals surface area (Å²) in [5, 5.41) is 9.92. The normalized spacial score (nSPS) is 23.0. The molecule has 166 valence electrons. The third-order valence-corrected chi connectivity index (χ3v) is 7.25. The topological polar surface area (TPSA) is 87.1 Å². The summed E-state index contributed by atoms with van der Waals surface area (Å²) in [5.41, 5.74) is 8.53. The van der Waals surface area contributed by atoms with E-state index in [9.17, 15) is 9.50 Å². The fraction of sp³-hybridized carbons (Fsp3) is 0.269. The highest BCUT2D eigenvalue weighted by molar-refractivity contribution is 6.12. The van der Waals surface area contributed by atoms with Crippen molar-refractivity contribution in [3.8, 4) is 16.9 Å². The first-order valence-electron chi connectivity index (χ1n) is 11.2. The summed E-state index contributed by atoms with van der Waals surface area (Å²) in [6.07, 6.45) is 4.95. The molecular weight excluding hydrogens is 417 g/mol. The lowest BCUT2D eigenvalue weighted by Gasteiger charge is -2.47. The van der Waals surface area contributed by atoms with Gasteiger partial charge in [-0.15, -0.1) is 0 Å². The highest BCUT2D eigenvalue weighted by Gasteiger charge is 2.53. The molecule has 0 radical (unpaired) electrons. The van der Waals surface area contributed by atoms with Crippen LogP contribution in [-0.4, -0.2) is 39.9 Å². The van der Waals surface area contributed by atoms with Crippen molar-refractivity contribution in [3.05, 3.63) is 83.9 Å². The fourth-order valence-electron chi connectivity index (χ4n) is 5.33. The van der Waals surface area contributed by atoms with Crippen LogP contribution in [0.15, 0.2) is 76.8 Å². The Bertz CT molecular complexity index is 1300. The van der Waals surface area contributed by atoms with Crippen molar-refractivity contribution in [2.75, 3.05) is 13.1 Å². The first-order chi connectivity index (χ1) is 16.0. The van der Waals surface area contributed by atoms with Crippen LogP contribution >= 0.6 is 0 Å². The minimum absolute atomic E-state index is 0.172. The Morgan fingerprint density at radius 1 is 1.00 bits per heavy atom. The minimum Gasteiger partial charge on any atom is -0.508 e. The molecule has 2 aromatic carbocycles. The van der Waals surface area contributed by atoms with Crippen molar-refractivity contribution in [2.24, 2.45) is 21.1 Å². The van der Waals surface area contributed by atoms with E-state index in [4.69, 9.17) is 15.7 Å². The van der Waals surface area contributed by atoms with Crippen LogP contribution in [0.1, 0.15) is 30.4 Å². The number of amidine groups is 1. The number of hydrogen-bond donors (Lipinski definition) is 2. The summed E-state index contributed by atoms with van der Waals surface area (Å²) in [4.78, 5) is 15.9. The summed E-state index contributed by atoms with van der Waals surface area (Å²) >= 11 is 0. The highest BCUT2D eigenvalue weighted by atomic mass is 19.1. The third kappa shape index (κ3) is 2.95. The molecule has 1 atom stereocenters. The number of aliphatic imine (C=N–C) groups is 2. The number of guanidine groups is 1. The Morgan fingerprint density at radius 3 is 2.55 bits per heavy atom. The lowest BCUT2D eigenvalue weighted by atomic mass is 9.67. The van der Waals surface area contributed by atoms with Crippen LogP contribution < -0.4 is 5.73 Å². The van der Waals surface area contributed by atoms with Gasteiger partial charge in [-0.3, -0.25) is 9.89 Å². The van der Waals surface area contributed by atoms with E-state index in [-0.39, 0.29) is 11.2 Å². The summed E-state index contributed by atoms with van der Waals surface area (Å²) in [5.74, 6) is 0.870. The molecule has 6 rings (SSSR count). The number of aromatic nitrogens is 1. The first kappa shape index (κ1) is 19.9. The van der Waals surface area contributed by atoms with Gasteiger partial charge in [0.05, 0.1) is 0 Å². The Labute approximate surface area is 191 Å². The third-order valence-electron chi connectivity index (χ3n) is 7.25. The molecule has 1 aromatic heterocycles. The molecule has 3 aliphatic rings. The molecule has 33 heavy (non-hydrogen) atoms. The van der Waals surface area contributed by atoms with Gasteiger partial charge in [-0.05, 0) is 59.9 Å². The van der Waals surface area contributed by atoms with E-state index >= 15 is 0 Å². The van der Waals surface area contributed by atoms with Crippen LogP contribution in [0.2, 0.25) is 0 Å². The van der Waals surface area contributed by atoms with Gasteiger partial charge in [0, 0.05) is 30.3 Å². The number of benzene rings is 2. The van der Waals surface area contributed by atoms with Crippen molar-refractivity contribution < 1.29 is 9.50 Å². The maximum absolute atomic E-state index is 14.5. The molecule has 1 spiro atoms.